The lowest BCUT2D eigenvalue weighted by atomic mass is 10.1. The number of nitrogens with zero attached hydrogens (tertiary/aromatic N) is 1. The van der Waals surface area contributed by atoms with Crippen LogP contribution in [0.15, 0.2) is 24.3 Å². The van der Waals surface area contributed by atoms with Crippen LogP contribution >= 0.6 is 12.2 Å². The van der Waals surface area contributed by atoms with Crippen LogP contribution in [0.3, 0.4) is 0 Å². The van der Waals surface area contributed by atoms with Gasteiger partial charge < -0.3 is 5.73 Å². The van der Waals surface area contributed by atoms with E-state index < -0.39 is 15.3 Å². The van der Waals surface area contributed by atoms with Gasteiger partial charge in [-0.1, -0.05) is 30.4 Å². The highest BCUT2D eigenvalue weighted by atomic mass is 32.2. The van der Waals surface area contributed by atoms with E-state index >= 15 is 0 Å². The number of hydrogen-bond donors (Lipinski definition) is 1. The second-order valence-electron chi connectivity index (χ2n) is 4.57. The van der Waals surface area contributed by atoms with Crippen LogP contribution in [-0.4, -0.2) is 24.7 Å². The average molecular weight is 284 g/mol. The molecule has 18 heavy (non-hydrogen) atoms. The number of sulfonamides is 1. The third kappa shape index (κ3) is 1.99. The first kappa shape index (κ1) is 13.3. The van der Waals surface area contributed by atoms with Gasteiger partial charge in [0.05, 0.1) is 10.7 Å². The number of nitrogens with two attached hydrogens (primary N) is 1. The molecule has 0 fully saturated rings. The minimum absolute atomic E-state index is 0.00609. The molecule has 1 aromatic rings. The molecule has 0 saturated carbocycles. The smallest absolute Gasteiger partial charge is 0.244 e. The molecular weight excluding hydrogens is 268 g/mol. The van der Waals surface area contributed by atoms with Crippen molar-refractivity contribution < 1.29 is 8.42 Å². The first-order valence-electron chi connectivity index (χ1n) is 5.76. The van der Waals surface area contributed by atoms with Gasteiger partial charge in [0, 0.05) is 6.04 Å². The fourth-order valence-electron chi connectivity index (χ4n) is 2.24. The third-order valence-corrected chi connectivity index (χ3v) is 6.02. The minimum Gasteiger partial charge on any atom is -0.392 e. The summed E-state index contributed by atoms with van der Waals surface area (Å²) < 4.78 is 26.5. The molecule has 0 amide bonds. The number of hydrogen-bond acceptors (Lipinski definition) is 3. The number of para-hydroxylation sites is 1. The van der Waals surface area contributed by atoms with E-state index in [0.717, 1.165) is 17.7 Å². The van der Waals surface area contributed by atoms with Gasteiger partial charge in [-0.05, 0) is 31.9 Å². The first-order chi connectivity index (χ1) is 8.35. The molecule has 2 rings (SSSR count). The summed E-state index contributed by atoms with van der Waals surface area (Å²) in [5.41, 5.74) is 7.27. The maximum Gasteiger partial charge on any atom is 0.244 e. The van der Waals surface area contributed by atoms with Crippen molar-refractivity contribution in [1.82, 2.24) is 0 Å². The number of fused-ring (bicyclic) bond motifs is 1. The van der Waals surface area contributed by atoms with Crippen molar-refractivity contribution in [2.45, 2.75) is 31.6 Å². The third-order valence-electron chi connectivity index (χ3n) is 3.27. The second kappa shape index (κ2) is 4.51. The predicted octanol–water partition coefficient (Wildman–Crippen LogP) is 1.44. The zero-order valence-electron chi connectivity index (χ0n) is 10.3. The van der Waals surface area contributed by atoms with Gasteiger partial charge in [0.15, 0.2) is 0 Å². The quantitative estimate of drug-likeness (QED) is 0.853. The van der Waals surface area contributed by atoms with Crippen LogP contribution in [0.2, 0.25) is 0 Å². The molecule has 2 atom stereocenters. The summed E-state index contributed by atoms with van der Waals surface area (Å²) in [7, 11) is -3.53. The summed E-state index contributed by atoms with van der Waals surface area (Å²) in [5.74, 6) is 0. The molecule has 0 bridgehead atoms. The first-order valence-corrected chi connectivity index (χ1v) is 7.67. The van der Waals surface area contributed by atoms with Gasteiger partial charge in [-0.25, -0.2) is 8.42 Å². The zero-order chi connectivity index (χ0) is 13.5. The normalized spacial score (nSPS) is 20.6. The summed E-state index contributed by atoms with van der Waals surface area (Å²) in [5, 5.41) is -0.846. The SMILES string of the molecule is CC1Cc2ccccc2N1S(=O)(=O)C(C)C(N)=S. The Balaban J connectivity index is 2.49. The highest BCUT2D eigenvalue weighted by Crippen LogP contribution is 2.35. The topological polar surface area (TPSA) is 63.4 Å². The van der Waals surface area contributed by atoms with Gasteiger partial charge in [-0.3, -0.25) is 4.31 Å². The maximum absolute atomic E-state index is 12.5. The van der Waals surface area contributed by atoms with Crippen LogP contribution in [0.5, 0.6) is 0 Å². The summed E-state index contributed by atoms with van der Waals surface area (Å²) in [6.07, 6.45) is 0.722. The molecule has 0 radical (unpaired) electrons. The van der Waals surface area contributed by atoms with E-state index in [2.05, 4.69) is 0 Å². The second-order valence-corrected chi connectivity index (χ2v) is 7.17. The molecule has 2 N–H and O–H groups in total. The van der Waals surface area contributed by atoms with Gasteiger partial charge in [-0.2, -0.15) is 0 Å². The van der Waals surface area contributed by atoms with E-state index in [0.29, 0.717) is 0 Å². The Morgan fingerprint density at radius 1 is 1.50 bits per heavy atom. The predicted molar refractivity (Wildman–Crippen MR) is 77.3 cm³/mol. The van der Waals surface area contributed by atoms with Crippen LogP contribution in [-0.2, 0) is 16.4 Å². The molecule has 4 nitrogen and oxygen atoms in total. The van der Waals surface area contributed by atoms with Crippen LogP contribution in [0.4, 0.5) is 5.69 Å². The van der Waals surface area contributed by atoms with Gasteiger partial charge in [0.1, 0.15) is 5.25 Å². The maximum atomic E-state index is 12.5. The number of anilines is 1. The van der Waals surface area contributed by atoms with Crippen molar-refractivity contribution in [2.75, 3.05) is 4.31 Å². The lowest BCUT2D eigenvalue weighted by Crippen LogP contribution is -2.45. The lowest BCUT2D eigenvalue weighted by Gasteiger charge is -2.27. The van der Waals surface area contributed by atoms with E-state index in [4.69, 9.17) is 18.0 Å². The fraction of sp³-hybridized carbons (Fsp3) is 0.417. The van der Waals surface area contributed by atoms with Crippen molar-refractivity contribution >= 4 is 32.9 Å². The standard InChI is InChI=1S/C12H16N2O2S2/c1-8-7-10-5-3-4-6-11(10)14(8)18(15,16)9(2)12(13)17/h3-6,8-9H,7H2,1-2H3,(H2,13,17). The minimum atomic E-state index is -3.53. The van der Waals surface area contributed by atoms with Crippen LogP contribution in [0.25, 0.3) is 0 Å². The van der Waals surface area contributed by atoms with Crippen molar-refractivity contribution in [1.29, 1.82) is 0 Å². The van der Waals surface area contributed by atoms with Crippen LogP contribution < -0.4 is 10.0 Å². The molecule has 1 aliphatic rings. The van der Waals surface area contributed by atoms with Crippen LogP contribution in [0.1, 0.15) is 19.4 Å². The average Bonchev–Trinajstić information content (AvgIpc) is 2.64. The Morgan fingerprint density at radius 2 is 2.11 bits per heavy atom. The summed E-state index contributed by atoms with van der Waals surface area (Å²) >= 11 is 4.81. The Kier molecular flexibility index (Phi) is 3.33. The number of rotatable bonds is 3. The molecular formula is C12H16N2O2S2. The summed E-state index contributed by atoms with van der Waals surface area (Å²) in [6, 6.07) is 7.43. The van der Waals surface area contributed by atoms with E-state index in [1.807, 2.05) is 31.2 Å². The Morgan fingerprint density at radius 3 is 2.72 bits per heavy atom. The van der Waals surface area contributed by atoms with E-state index in [1.54, 1.807) is 0 Å². The lowest BCUT2D eigenvalue weighted by molar-refractivity contribution is 0.581. The van der Waals surface area contributed by atoms with E-state index in [-0.39, 0.29) is 11.0 Å². The van der Waals surface area contributed by atoms with Crippen LogP contribution in [0, 0.1) is 0 Å². The van der Waals surface area contributed by atoms with Gasteiger partial charge in [-0.15, -0.1) is 0 Å². The molecule has 1 heterocycles. The van der Waals surface area contributed by atoms with E-state index in [1.165, 1.54) is 11.2 Å². The summed E-state index contributed by atoms with van der Waals surface area (Å²) in [6.45, 7) is 3.43. The molecule has 2 unspecified atom stereocenters. The molecule has 1 aromatic carbocycles. The van der Waals surface area contributed by atoms with Crippen molar-refractivity contribution in [3.8, 4) is 0 Å². The van der Waals surface area contributed by atoms with E-state index in [9.17, 15) is 8.42 Å². The molecule has 98 valence electrons. The zero-order valence-corrected chi connectivity index (χ0v) is 12.0. The fourth-order valence-corrected chi connectivity index (χ4v) is 4.27. The molecule has 0 aromatic heterocycles. The highest BCUT2D eigenvalue weighted by Gasteiger charge is 2.38. The van der Waals surface area contributed by atoms with Gasteiger partial charge in [0.25, 0.3) is 0 Å². The monoisotopic (exact) mass is 284 g/mol. The number of thiocarbonyl (C=S) groups is 1. The molecule has 6 heteroatoms. The van der Waals surface area contributed by atoms with Crippen molar-refractivity contribution in [3.05, 3.63) is 29.8 Å². The molecule has 0 saturated heterocycles. The Labute approximate surface area is 113 Å². The highest BCUT2D eigenvalue weighted by molar-refractivity contribution is 7.95. The van der Waals surface area contributed by atoms with Crippen molar-refractivity contribution in [3.63, 3.8) is 0 Å². The van der Waals surface area contributed by atoms with Gasteiger partial charge >= 0.3 is 0 Å². The largest absolute Gasteiger partial charge is 0.392 e. The molecule has 0 aliphatic carbocycles. The Hall–Kier alpha value is -1.14. The molecule has 1 aliphatic heterocycles. The Bertz CT molecular complexity index is 583. The van der Waals surface area contributed by atoms with Crippen molar-refractivity contribution in [2.24, 2.45) is 5.73 Å². The summed E-state index contributed by atoms with van der Waals surface area (Å²) in [4.78, 5) is 0.00609. The molecule has 0 spiro atoms. The van der Waals surface area contributed by atoms with Gasteiger partial charge in [0.2, 0.25) is 10.0 Å². The number of benzene rings is 1.